The van der Waals surface area contributed by atoms with Gasteiger partial charge in [-0.1, -0.05) is 15.9 Å². The molecule has 6 heteroatoms. The Bertz CT molecular complexity index is 463. The second kappa shape index (κ2) is 6.39. The number of primary amides is 1. The van der Waals surface area contributed by atoms with Gasteiger partial charge in [0.1, 0.15) is 0 Å². The van der Waals surface area contributed by atoms with Crippen LogP contribution in [-0.2, 0) is 4.79 Å². The van der Waals surface area contributed by atoms with Crippen molar-refractivity contribution in [2.45, 2.75) is 25.8 Å². The molecule has 0 bridgehead atoms. The third-order valence-corrected chi connectivity index (χ3v) is 2.93. The molecule has 5 nitrogen and oxygen atoms in total. The first-order valence-corrected chi connectivity index (χ1v) is 6.27. The lowest BCUT2D eigenvalue weighted by molar-refractivity contribution is -0.137. The molecule has 1 amide bonds. The topological polar surface area (TPSA) is 92.4 Å². The van der Waals surface area contributed by atoms with E-state index in [9.17, 15) is 9.59 Å². The van der Waals surface area contributed by atoms with Crippen LogP contribution in [0.25, 0.3) is 0 Å². The van der Waals surface area contributed by atoms with Crippen LogP contribution in [0, 0.1) is 0 Å². The molecule has 0 aliphatic carbocycles. The van der Waals surface area contributed by atoms with Crippen LogP contribution in [-0.4, -0.2) is 23.0 Å². The van der Waals surface area contributed by atoms with E-state index in [-0.39, 0.29) is 12.5 Å². The van der Waals surface area contributed by atoms with Gasteiger partial charge in [0.15, 0.2) is 0 Å². The summed E-state index contributed by atoms with van der Waals surface area (Å²) in [6.45, 7) is 1.86. The number of carboxylic acids is 1. The lowest BCUT2D eigenvalue weighted by Crippen LogP contribution is -2.20. The summed E-state index contributed by atoms with van der Waals surface area (Å²) < 4.78 is 0.764. The summed E-state index contributed by atoms with van der Waals surface area (Å²) in [6, 6.07) is 5.11. The molecule has 1 atom stereocenters. The largest absolute Gasteiger partial charge is 0.481 e. The van der Waals surface area contributed by atoms with E-state index in [0.717, 1.165) is 4.47 Å². The summed E-state index contributed by atoms with van der Waals surface area (Å²) in [5.74, 6) is -1.36. The molecule has 0 fully saturated rings. The maximum absolute atomic E-state index is 11.3. The lowest BCUT2D eigenvalue weighted by atomic mass is 10.1. The van der Waals surface area contributed by atoms with Crippen LogP contribution in [0.1, 0.15) is 30.1 Å². The fraction of sp³-hybridized carbons (Fsp3) is 0.333. The Balaban J connectivity index is 2.77. The zero-order valence-electron chi connectivity index (χ0n) is 9.94. The number of carboxylic acid groups (broad SMARTS) is 1. The first kappa shape index (κ1) is 14.5. The minimum atomic E-state index is -0.838. The van der Waals surface area contributed by atoms with E-state index in [1.54, 1.807) is 18.2 Å². The van der Waals surface area contributed by atoms with Gasteiger partial charge in [-0.25, -0.2) is 0 Å². The summed E-state index contributed by atoms with van der Waals surface area (Å²) in [7, 11) is 0. The molecule has 0 aromatic heterocycles. The fourth-order valence-corrected chi connectivity index (χ4v) is 1.88. The quantitative estimate of drug-likeness (QED) is 0.750. The number of carbonyl (C=O) groups is 2. The molecule has 18 heavy (non-hydrogen) atoms. The van der Waals surface area contributed by atoms with E-state index < -0.39 is 11.9 Å². The molecule has 0 saturated heterocycles. The Morgan fingerprint density at radius 2 is 2.17 bits per heavy atom. The van der Waals surface area contributed by atoms with Gasteiger partial charge in [-0.15, -0.1) is 0 Å². The maximum Gasteiger partial charge on any atom is 0.303 e. The third-order valence-electron chi connectivity index (χ3n) is 2.44. The number of aliphatic carboxylic acids is 1. The number of anilines is 1. The molecule has 0 aliphatic heterocycles. The molecule has 0 heterocycles. The van der Waals surface area contributed by atoms with Gasteiger partial charge in [-0.2, -0.15) is 0 Å². The standard InChI is InChI=1S/C12H15BrN2O3/c1-7(2-5-11(16)17)15-10-4-3-8(13)6-9(10)12(14)18/h3-4,6-7,15H,2,5H2,1H3,(H2,14,18)(H,16,17). The van der Waals surface area contributed by atoms with Crippen LogP contribution in [0.4, 0.5) is 5.69 Å². The lowest BCUT2D eigenvalue weighted by Gasteiger charge is -2.16. The van der Waals surface area contributed by atoms with Gasteiger partial charge in [0.05, 0.1) is 5.56 Å². The molecule has 1 rings (SSSR count). The number of nitrogens with two attached hydrogens (primary N) is 1. The Hall–Kier alpha value is -1.56. The summed E-state index contributed by atoms with van der Waals surface area (Å²) in [4.78, 5) is 21.8. The van der Waals surface area contributed by atoms with Crippen LogP contribution in [0.15, 0.2) is 22.7 Å². The van der Waals surface area contributed by atoms with E-state index in [0.29, 0.717) is 17.7 Å². The van der Waals surface area contributed by atoms with Gasteiger partial charge < -0.3 is 16.2 Å². The van der Waals surface area contributed by atoms with Crippen molar-refractivity contribution in [1.82, 2.24) is 0 Å². The van der Waals surface area contributed by atoms with E-state index in [1.807, 2.05) is 6.92 Å². The van der Waals surface area contributed by atoms with Crippen molar-refractivity contribution < 1.29 is 14.7 Å². The van der Waals surface area contributed by atoms with Gasteiger partial charge in [0.2, 0.25) is 0 Å². The van der Waals surface area contributed by atoms with Gasteiger partial charge in [-0.3, -0.25) is 9.59 Å². The third kappa shape index (κ3) is 4.37. The predicted octanol–water partition coefficient (Wildman–Crippen LogP) is 2.21. The Morgan fingerprint density at radius 3 is 2.72 bits per heavy atom. The molecule has 1 aromatic rings. The van der Waals surface area contributed by atoms with Crippen molar-refractivity contribution in [3.63, 3.8) is 0 Å². The summed E-state index contributed by atoms with van der Waals surface area (Å²) >= 11 is 3.27. The smallest absolute Gasteiger partial charge is 0.303 e. The van der Waals surface area contributed by atoms with Crippen LogP contribution in [0.2, 0.25) is 0 Å². The average molecular weight is 315 g/mol. The van der Waals surface area contributed by atoms with E-state index in [1.165, 1.54) is 0 Å². The highest BCUT2D eigenvalue weighted by Gasteiger charge is 2.11. The molecule has 1 unspecified atom stereocenters. The predicted molar refractivity (Wildman–Crippen MR) is 72.6 cm³/mol. The van der Waals surface area contributed by atoms with Crippen molar-refractivity contribution in [3.05, 3.63) is 28.2 Å². The van der Waals surface area contributed by atoms with Crippen LogP contribution in [0.5, 0.6) is 0 Å². The van der Waals surface area contributed by atoms with Gasteiger partial charge >= 0.3 is 5.97 Å². The van der Waals surface area contributed by atoms with Gasteiger partial charge in [-0.05, 0) is 31.5 Å². The van der Waals surface area contributed by atoms with E-state index in [2.05, 4.69) is 21.2 Å². The Kier molecular flexibility index (Phi) is 5.15. The van der Waals surface area contributed by atoms with Crippen LogP contribution >= 0.6 is 15.9 Å². The molecule has 0 spiro atoms. The normalized spacial score (nSPS) is 11.9. The van der Waals surface area contributed by atoms with E-state index in [4.69, 9.17) is 10.8 Å². The van der Waals surface area contributed by atoms with Crippen LogP contribution in [0.3, 0.4) is 0 Å². The van der Waals surface area contributed by atoms with Gasteiger partial charge in [0, 0.05) is 22.6 Å². The molecule has 4 N–H and O–H groups in total. The Labute approximate surface area is 113 Å². The zero-order valence-corrected chi connectivity index (χ0v) is 11.5. The SMILES string of the molecule is CC(CCC(=O)O)Nc1ccc(Br)cc1C(N)=O. The molecule has 0 saturated carbocycles. The minimum Gasteiger partial charge on any atom is -0.481 e. The van der Waals surface area contributed by atoms with Crippen molar-refractivity contribution in [1.29, 1.82) is 0 Å². The van der Waals surface area contributed by atoms with Gasteiger partial charge in [0.25, 0.3) is 5.91 Å². The average Bonchev–Trinajstić information content (AvgIpc) is 2.28. The number of hydrogen-bond acceptors (Lipinski definition) is 3. The number of benzene rings is 1. The monoisotopic (exact) mass is 314 g/mol. The number of nitrogens with one attached hydrogen (secondary N) is 1. The second-order valence-corrected chi connectivity index (χ2v) is 4.95. The first-order chi connectivity index (χ1) is 8.40. The number of amides is 1. The highest BCUT2D eigenvalue weighted by Crippen LogP contribution is 2.22. The highest BCUT2D eigenvalue weighted by atomic mass is 79.9. The Morgan fingerprint density at radius 1 is 1.50 bits per heavy atom. The minimum absolute atomic E-state index is 0.0552. The van der Waals surface area contributed by atoms with Crippen molar-refractivity contribution in [2.24, 2.45) is 5.73 Å². The van der Waals surface area contributed by atoms with Crippen molar-refractivity contribution in [2.75, 3.05) is 5.32 Å². The molecule has 0 aliphatic rings. The number of carbonyl (C=O) groups excluding carboxylic acids is 1. The number of halogens is 1. The summed E-state index contributed by atoms with van der Waals surface area (Å²) in [5, 5.41) is 11.7. The highest BCUT2D eigenvalue weighted by molar-refractivity contribution is 9.10. The van der Waals surface area contributed by atoms with Crippen molar-refractivity contribution in [3.8, 4) is 0 Å². The number of hydrogen-bond donors (Lipinski definition) is 3. The number of rotatable bonds is 6. The zero-order chi connectivity index (χ0) is 13.7. The first-order valence-electron chi connectivity index (χ1n) is 5.48. The molecular formula is C12H15BrN2O3. The molecule has 98 valence electrons. The summed E-state index contributed by atoms with van der Waals surface area (Å²) in [6.07, 6.45) is 0.556. The van der Waals surface area contributed by atoms with E-state index >= 15 is 0 Å². The maximum atomic E-state index is 11.3. The summed E-state index contributed by atoms with van der Waals surface area (Å²) in [5.41, 5.74) is 6.28. The van der Waals surface area contributed by atoms with Crippen molar-refractivity contribution >= 4 is 33.5 Å². The second-order valence-electron chi connectivity index (χ2n) is 4.03. The van der Waals surface area contributed by atoms with Crippen LogP contribution < -0.4 is 11.1 Å². The molecule has 1 aromatic carbocycles. The molecule has 0 radical (unpaired) electrons. The molecular weight excluding hydrogens is 300 g/mol. The fourth-order valence-electron chi connectivity index (χ4n) is 1.52.